The highest BCUT2D eigenvalue weighted by Gasteiger charge is 2.09. The van der Waals surface area contributed by atoms with Gasteiger partial charge in [0.25, 0.3) is 0 Å². The van der Waals surface area contributed by atoms with Crippen molar-refractivity contribution in [3.8, 4) is 5.75 Å². The van der Waals surface area contributed by atoms with E-state index in [2.05, 4.69) is 5.10 Å². The number of nitrogens with zero attached hydrogens (tertiary/aromatic N) is 2. The standard InChI is InChI=1S/C14H17ClN2O2/c1-10-7-11(2)17(16-10)8-13(18)9-19-14-5-3-12(15)4-6-14/h3-7,13,18H,8-9H2,1-2H3/t13-/m1/s1. The van der Waals surface area contributed by atoms with Gasteiger partial charge in [0.15, 0.2) is 0 Å². The zero-order valence-corrected chi connectivity index (χ0v) is 11.8. The largest absolute Gasteiger partial charge is 0.491 e. The van der Waals surface area contributed by atoms with Crippen LogP contribution in [0.15, 0.2) is 30.3 Å². The van der Waals surface area contributed by atoms with Crippen LogP contribution in [0.4, 0.5) is 0 Å². The predicted octanol–water partition coefficient (Wildman–Crippen LogP) is 2.59. The van der Waals surface area contributed by atoms with Crippen molar-refractivity contribution in [2.75, 3.05) is 6.61 Å². The van der Waals surface area contributed by atoms with Crippen molar-refractivity contribution in [1.82, 2.24) is 9.78 Å². The Bertz CT molecular complexity index is 537. The van der Waals surface area contributed by atoms with Gasteiger partial charge in [-0.15, -0.1) is 0 Å². The molecular formula is C14H17ClN2O2. The van der Waals surface area contributed by atoms with Crippen LogP contribution in [0.2, 0.25) is 5.02 Å². The summed E-state index contributed by atoms with van der Waals surface area (Å²) in [6, 6.07) is 9.04. The van der Waals surface area contributed by atoms with Crippen LogP contribution in [0.25, 0.3) is 0 Å². The summed E-state index contributed by atoms with van der Waals surface area (Å²) in [6.45, 7) is 4.54. The van der Waals surface area contributed by atoms with Crippen molar-refractivity contribution in [1.29, 1.82) is 0 Å². The first kappa shape index (κ1) is 13.9. The van der Waals surface area contributed by atoms with Gasteiger partial charge in [-0.05, 0) is 44.2 Å². The lowest BCUT2D eigenvalue weighted by molar-refractivity contribution is 0.0887. The Morgan fingerprint density at radius 2 is 2.00 bits per heavy atom. The Morgan fingerprint density at radius 3 is 2.58 bits per heavy atom. The quantitative estimate of drug-likeness (QED) is 0.916. The highest BCUT2D eigenvalue weighted by Crippen LogP contribution is 2.15. The second-order valence-corrected chi connectivity index (χ2v) is 4.96. The summed E-state index contributed by atoms with van der Waals surface area (Å²) in [5, 5.41) is 14.9. The van der Waals surface area contributed by atoms with Gasteiger partial charge >= 0.3 is 0 Å². The van der Waals surface area contributed by atoms with Crippen LogP contribution in [0.1, 0.15) is 11.4 Å². The predicted molar refractivity (Wildman–Crippen MR) is 74.7 cm³/mol. The highest BCUT2D eigenvalue weighted by atomic mass is 35.5. The molecule has 1 N–H and O–H groups in total. The summed E-state index contributed by atoms with van der Waals surface area (Å²) >= 11 is 5.78. The molecule has 0 saturated carbocycles. The van der Waals surface area contributed by atoms with E-state index in [1.165, 1.54) is 0 Å². The van der Waals surface area contributed by atoms with Crippen LogP contribution in [0.5, 0.6) is 5.75 Å². The van der Waals surface area contributed by atoms with Crippen LogP contribution in [0, 0.1) is 13.8 Å². The van der Waals surface area contributed by atoms with E-state index < -0.39 is 6.10 Å². The van der Waals surface area contributed by atoms with Crippen LogP contribution >= 0.6 is 11.6 Å². The van der Waals surface area contributed by atoms with Crippen LogP contribution in [-0.2, 0) is 6.54 Å². The van der Waals surface area contributed by atoms with E-state index in [9.17, 15) is 5.11 Å². The number of hydrogen-bond acceptors (Lipinski definition) is 3. The van der Waals surface area contributed by atoms with Gasteiger partial charge in [0.05, 0.1) is 12.2 Å². The van der Waals surface area contributed by atoms with Gasteiger partial charge < -0.3 is 9.84 Å². The molecule has 0 bridgehead atoms. The van der Waals surface area contributed by atoms with Gasteiger partial charge in [-0.25, -0.2) is 0 Å². The molecule has 4 nitrogen and oxygen atoms in total. The molecule has 102 valence electrons. The van der Waals surface area contributed by atoms with Crippen molar-refractivity contribution in [2.24, 2.45) is 0 Å². The number of aliphatic hydroxyl groups is 1. The Labute approximate surface area is 117 Å². The molecule has 1 aromatic carbocycles. The molecule has 5 heteroatoms. The molecule has 0 aliphatic rings. The number of aryl methyl sites for hydroxylation is 2. The van der Waals surface area contributed by atoms with Crippen LogP contribution in [-0.4, -0.2) is 27.6 Å². The molecule has 0 saturated heterocycles. The first-order valence-electron chi connectivity index (χ1n) is 6.12. The van der Waals surface area contributed by atoms with E-state index in [1.807, 2.05) is 19.9 Å². The maximum absolute atomic E-state index is 9.94. The number of halogens is 1. The smallest absolute Gasteiger partial charge is 0.119 e. The average molecular weight is 281 g/mol. The molecule has 0 radical (unpaired) electrons. The average Bonchev–Trinajstić information content (AvgIpc) is 2.67. The Kier molecular flexibility index (Phi) is 4.45. The fourth-order valence-electron chi connectivity index (χ4n) is 1.84. The van der Waals surface area contributed by atoms with Crippen molar-refractivity contribution in [3.63, 3.8) is 0 Å². The number of ether oxygens (including phenoxy) is 1. The molecule has 19 heavy (non-hydrogen) atoms. The minimum Gasteiger partial charge on any atom is -0.491 e. The second-order valence-electron chi connectivity index (χ2n) is 4.53. The Balaban J connectivity index is 1.86. The second kappa shape index (κ2) is 6.08. The summed E-state index contributed by atoms with van der Waals surface area (Å²) in [5.41, 5.74) is 1.98. The van der Waals surface area contributed by atoms with Crippen molar-refractivity contribution >= 4 is 11.6 Å². The van der Waals surface area contributed by atoms with Gasteiger partial charge in [0.2, 0.25) is 0 Å². The summed E-state index contributed by atoms with van der Waals surface area (Å²) in [4.78, 5) is 0. The van der Waals surface area contributed by atoms with Gasteiger partial charge in [0.1, 0.15) is 18.5 Å². The fourth-order valence-corrected chi connectivity index (χ4v) is 1.96. The van der Waals surface area contributed by atoms with E-state index in [4.69, 9.17) is 16.3 Å². The SMILES string of the molecule is Cc1cc(C)n(C[C@@H](O)COc2ccc(Cl)cc2)n1. The molecule has 0 aliphatic carbocycles. The van der Waals surface area contributed by atoms with E-state index in [1.54, 1.807) is 28.9 Å². The summed E-state index contributed by atoms with van der Waals surface area (Å²) in [6.07, 6.45) is -0.603. The third-order valence-corrected chi connectivity index (χ3v) is 3.00. The molecule has 0 unspecified atom stereocenters. The summed E-state index contributed by atoms with van der Waals surface area (Å²) in [5.74, 6) is 0.691. The molecule has 0 fully saturated rings. The Morgan fingerprint density at radius 1 is 1.32 bits per heavy atom. The molecular weight excluding hydrogens is 264 g/mol. The van der Waals surface area contributed by atoms with E-state index in [0.717, 1.165) is 11.4 Å². The maximum Gasteiger partial charge on any atom is 0.119 e. The van der Waals surface area contributed by atoms with Gasteiger partial charge in [-0.3, -0.25) is 4.68 Å². The normalized spacial score (nSPS) is 12.4. The van der Waals surface area contributed by atoms with Crippen molar-refractivity contribution in [3.05, 3.63) is 46.7 Å². The third kappa shape index (κ3) is 3.98. The van der Waals surface area contributed by atoms with E-state index in [0.29, 0.717) is 17.3 Å². The lowest BCUT2D eigenvalue weighted by Gasteiger charge is -2.13. The van der Waals surface area contributed by atoms with Crippen LogP contribution < -0.4 is 4.74 Å². The van der Waals surface area contributed by atoms with Gasteiger partial charge in [-0.1, -0.05) is 11.6 Å². The number of hydrogen-bond donors (Lipinski definition) is 1. The molecule has 0 aliphatic heterocycles. The number of rotatable bonds is 5. The fraction of sp³-hybridized carbons (Fsp3) is 0.357. The van der Waals surface area contributed by atoms with Crippen molar-refractivity contribution in [2.45, 2.75) is 26.5 Å². The topological polar surface area (TPSA) is 47.3 Å². The molecule has 0 amide bonds. The van der Waals surface area contributed by atoms with Crippen molar-refractivity contribution < 1.29 is 9.84 Å². The molecule has 1 atom stereocenters. The summed E-state index contributed by atoms with van der Waals surface area (Å²) < 4.78 is 7.27. The third-order valence-electron chi connectivity index (χ3n) is 2.74. The molecule has 2 rings (SSSR count). The molecule has 2 aromatic rings. The minimum absolute atomic E-state index is 0.222. The Hall–Kier alpha value is -1.52. The first-order chi connectivity index (χ1) is 9.04. The minimum atomic E-state index is -0.603. The monoisotopic (exact) mass is 280 g/mol. The summed E-state index contributed by atoms with van der Waals surface area (Å²) in [7, 11) is 0. The number of aliphatic hydroxyl groups excluding tert-OH is 1. The highest BCUT2D eigenvalue weighted by molar-refractivity contribution is 6.30. The lowest BCUT2D eigenvalue weighted by Crippen LogP contribution is -2.24. The first-order valence-corrected chi connectivity index (χ1v) is 6.50. The maximum atomic E-state index is 9.94. The zero-order chi connectivity index (χ0) is 13.8. The molecule has 1 heterocycles. The van der Waals surface area contributed by atoms with E-state index >= 15 is 0 Å². The van der Waals surface area contributed by atoms with Gasteiger partial charge in [-0.2, -0.15) is 5.10 Å². The molecule has 1 aromatic heterocycles. The van der Waals surface area contributed by atoms with E-state index in [-0.39, 0.29) is 6.61 Å². The number of benzene rings is 1. The molecule has 0 spiro atoms. The van der Waals surface area contributed by atoms with Gasteiger partial charge in [0, 0.05) is 10.7 Å². The number of aromatic nitrogens is 2. The zero-order valence-electron chi connectivity index (χ0n) is 11.0. The van der Waals surface area contributed by atoms with Crippen LogP contribution in [0.3, 0.4) is 0 Å². The lowest BCUT2D eigenvalue weighted by atomic mass is 10.3.